The van der Waals surface area contributed by atoms with Gasteiger partial charge in [-0.2, -0.15) is 4.98 Å². The lowest BCUT2D eigenvalue weighted by molar-refractivity contribution is 0.0230. The molecule has 2 aromatic rings. The highest BCUT2D eigenvalue weighted by Crippen LogP contribution is 2.40. The number of anilines is 3. The van der Waals surface area contributed by atoms with Crippen molar-refractivity contribution in [3.05, 3.63) is 18.0 Å². The molecule has 3 aliphatic heterocycles. The summed E-state index contributed by atoms with van der Waals surface area (Å²) in [4.78, 5) is 38.0. The Hall–Kier alpha value is -3.21. The summed E-state index contributed by atoms with van der Waals surface area (Å²) in [5, 5.41) is 0. The minimum atomic E-state index is -0.536. The van der Waals surface area contributed by atoms with Crippen molar-refractivity contribution in [2.75, 3.05) is 48.4 Å². The van der Waals surface area contributed by atoms with E-state index in [9.17, 15) is 4.79 Å². The van der Waals surface area contributed by atoms with Crippen LogP contribution in [0.15, 0.2) is 12.4 Å². The SMILES string of the molecule is C[C@@H]1CN(C(=O)OC(C)(C)C)[C@H](C)[C@@H]1N1CCc2c(-c3cnc(N)nc3)nc(N3CCOC[C@@H]3C)nc21. The van der Waals surface area contributed by atoms with Crippen molar-refractivity contribution in [3.8, 4) is 11.3 Å². The highest BCUT2D eigenvalue weighted by molar-refractivity contribution is 5.74. The van der Waals surface area contributed by atoms with E-state index in [0.29, 0.717) is 25.7 Å². The molecule has 2 N–H and O–H groups in total. The lowest BCUT2D eigenvalue weighted by Gasteiger charge is -2.36. The summed E-state index contributed by atoms with van der Waals surface area (Å²) < 4.78 is 11.4. The molecule has 11 heteroatoms. The molecule has 0 radical (unpaired) electrons. The van der Waals surface area contributed by atoms with E-state index in [1.807, 2.05) is 25.7 Å². The maximum absolute atomic E-state index is 13.0. The summed E-state index contributed by atoms with van der Waals surface area (Å²) in [7, 11) is 0. The van der Waals surface area contributed by atoms with Gasteiger partial charge < -0.3 is 29.9 Å². The van der Waals surface area contributed by atoms with Gasteiger partial charge >= 0.3 is 6.09 Å². The molecule has 2 fully saturated rings. The molecule has 0 unspecified atom stereocenters. The summed E-state index contributed by atoms with van der Waals surface area (Å²) in [6.45, 7) is 15.6. The molecule has 5 rings (SSSR count). The molecule has 5 heterocycles. The van der Waals surface area contributed by atoms with E-state index in [4.69, 9.17) is 25.2 Å². The number of nitrogen functional groups attached to an aromatic ring is 1. The number of likely N-dealkylation sites (tertiary alicyclic amines) is 1. The van der Waals surface area contributed by atoms with E-state index in [1.165, 1.54) is 0 Å². The number of nitrogens with two attached hydrogens (primary N) is 1. The third kappa shape index (κ3) is 4.88. The third-order valence-corrected chi connectivity index (χ3v) is 7.46. The molecular weight excluding hydrogens is 472 g/mol. The molecule has 0 saturated carbocycles. The number of fused-ring (bicyclic) bond motifs is 1. The molecule has 11 nitrogen and oxygen atoms in total. The van der Waals surface area contributed by atoms with Crippen LogP contribution in [-0.2, 0) is 15.9 Å². The van der Waals surface area contributed by atoms with Gasteiger partial charge in [0.15, 0.2) is 0 Å². The topological polar surface area (TPSA) is 123 Å². The lowest BCUT2D eigenvalue weighted by Crippen LogP contribution is -2.48. The average Bonchev–Trinajstić information content (AvgIpc) is 3.38. The summed E-state index contributed by atoms with van der Waals surface area (Å²) in [5.74, 6) is 2.08. The van der Waals surface area contributed by atoms with Crippen molar-refractivity contribution < 1.29 is 14.3 Å². The Morgan fingerprint density at radius 1 is 1.11 bits per heavy atom. The van der Waals surface area contributed by atoms with Crippen molar-refractivity contribution >= 4 is 23.8 Å². The molecule has 4 atom stereocenters. The maximum atomic E-state index is 13.0. The van der Waals surface area contributed by atoms with Crippen molar-refractivity contribution in [1.29, 1.82) is 0 Å². The molecule has 1 amide bonds. The second kappa shape index (κ2) is 9.59. The predicted molar refractivity (Wildman–Crippen MR) is 142 cm³/mol. The van der Waals surface area contributed by atoms with Crippen LogP contribution in [0.4, 0.5) is 22.5 Å². The molecule has 2 aromatic heterocycles. The summed E-state index contributed by atoms with van der Waals surface area (Å²) in [6, 6.07) is 0.234. The first-order valence-corrected chi connectivity index (χ1v) is 13.1. The van der Waals surface area contributed by atoms with Crippen molar-refractivity contribution in [2.24, 2.45) is 5.92 Å². The number of carbonyl (C=O) groups excluding carboxylic acids is 1. The van der Waals surface area contributed by atoms with Gasteiger partial charge in [0, 0.05) is 43.2 Å². The molecular formula is C26H38N8O3. The monoisotopic (exact) mass is 510 g/mol. The van der Waals surface area contributed by atoms with Crippen molar-refractivity contribution in [3.63, 3.8) is 0 Å². The number of carbonyl (C=O) groups is 1. The van der Waals surface area contributed by atoms with Gasteiger partial charge in [-0.25, -0.2) is 19.7 Å². The number of morpholine rings is 1. The van der Waals surface area contributed by atoms with E-state index in [-0.39, 0.29) is 36.1 Å². The molecule has 2 saturated heterocycles. The van der Waals surface area contributed by atoms with E-state index >= 15 is 0 Å². The second-order valence-electron chi connectivity index (χ2n) is 11.4. The van der Waals surface area contributed by atoms with Crippen LogP contribution >= 0.6 is 0 Å². The average molecular weight is 511 g/mol. The third-order valence-electron chi connectivity index (χ3n) is 7.46. The van der Waals surface area contributed by atoms with Crippen LogP contribution in [0.3, 0.4) is 0 Å². The fourth-order valence-electron chi connectivity index (χ4n) is 5.78. The van der Waals surface area contributed by atoms with E-state index < -0.39 is 5.60 Å². The number of amides is 1. The Balaban J connectivity index is 1.53. The Bertz CT molecular complexity index is 1150. The largest absolute Gasteiger partial charge is 0.444 e. The Morgan fingerprint density at radius 2 is 1.84 bits per heavy atom. The quantitative estimate of drug-likeness (QED) is 0.659. The highest BCUT2D eigenvalue weighted by atomic mass is 16.6. The molecule has 0 aliphatic carbocycles. The first kappa shape index (κ1) is 25.4. The first-order valence-electron chi connectivity index (χ1n) is 13.1. The Kier molecular flexibility index (Phi) is 6.59. The number of nitrogens with zero attached hydrogens (tertiary/aromatic N) is 7. The normalized spacial score (nSPS) is 25.9. The maximum Gasteiger partial charge on any atom is 0.410 e. The number of aromatic nitrogens is 4. The smallest absolute Gasteiger partial charge is 0.410 e. The number of hydrogen-bond acceptors (Lipinski definition) is 10. The van der Waals surface area contributed by atoms with Crippen LogP contribution < -0.4 is 15.5 Å². The fraction of sp³-hybridized carbons (Fsp3) is 0.654. The summed E-state index contributed by atoms with van der Waals surface area (Å²) in [6.07, 6.45) is 3.99. The minimum absolute atomic E-state index is 0.0279. The van der Waals surface area contributed by atoms with E-state index in [1.54, 1.807) is 12.4 Å². The predicted octanol–water partition coefficient (Wildman–Crippen LogP) is 2.75. The molecule has 3 aliphatic rings. The van der Waals surface area contributed by atoms with Gasteiger partial charge in [-0.15, -0.1) is 0 Å². The van der Waals surface area contributed by atoms with Gasteiger partial charge in [0.2, 0.25) is 11.9 Å². The lowest BCUT2D eigenvalue weighted by atomic mass is 10.00. The minimum Gasteiger partial charge on any atom is -0.444 e. The van der Waals surface area contributed by atoms with Crippen LogP contribution in [0.25, 0.3) is 11.3 Å². The highest BCUT2D eigenvalue weighted by Gasteiger charge is 2.46. The summed E-state index contributed by atoms with van der Waals surface area (Å²) >= 11 is 0. The van der Waals surface area contributed by atoms with Crippen LogP contribution in [0.2, 0.25) is 0 Å². The zero-order valence-corrected chi connectivity index (χ0v) is 22.6. The Labute approximate surface area is 218 Å². The van der Waals surface area contributed by atoms with Gasteiger partial charge in [0.05, 0.1) is 37.0 Å². The first-order chi connectivity index (χ1) is 17.5. The summed E-state index contributed by atoms with van der Waals surface area (Å²) in [5.41, 5.74) is 7.96. The number of rotatable bonds is 3. The molecule has 0 bridgehead atoms. The second-order valence-corrected chi connectivity index (χ2v) is 11.4. The molecule has 200 valence electrons. The van der Waals surface area contributed by atoms with Crippen LogP contribution in [0.5, 0.6) is 0 Å². The van der Waals surface area contributed by atoms with E-state index in [2.05, 4.69) is 40.5 Å². The Morgan fingerprint density at radius 3 is 2.51 bits per heavy atom. The number of hydrogen-bond donors (Lipinski definition) is 1. The van der Waals surface area contributed by atoms with Crippen LogP contribution in [-0.4, -0.2) is 87.5 Å². The van der Waals surface area contributed by atoms with Crippen LogP contribution in [0.1, 0.15) is 47.1 Å². The molecule has 0 spiro atoms. The zero-order valence-electron chi connectivity index (χ0n) is 22.6. The number of ether oxygens (including phenoxy) is 2. The van der Waals surface area contributed by atoms with Crippen molar-refractivity contribution in [2.45, 2.75) is 71.7 Å². The van der Waals surface area contributed by atoms with Gasteiger partial charge in [-0.05, 0) is 47.0 Å². The zero-order chi connectivity index (χ0) is 26.5. The standard InChI is InChI=1S/C26H38N8O3/c1-15-13-34(25(35)37-26(4,5)6)17(3)21(15)33-8-7-19-20(18-11-28-23(27)29-12-18)30-24(31-22(19)33)32-9-10-36-14-16(32)2/h11-12,15-17,21H,7-10,13-14H2,1-6H3,(H2,27,28,29)/t15-,16+,17-,21-/m1/s1. The van der Waals surface area contributed by atoms with Gasteiger partial charge in [-0.1, -0.05) is 6.92 Å². The van der Waals surface area contributed by atoms with Gasteiger partial charge in [0.25, 0.3) is 0 Å². The fourth-order valence-corrected chi connectivity index (χ4v) is 5.78. The molecule has 37 heavy (non-hydrogen) atoms. The van der Waals surface area contributed by atoms with Gasteiger partial charge in [-0.3, -0.25) is 0 Å². The van der Waals surface area contributed by atoms with Crippen molar-refractivity contribution in [1.82, 2.24) is 24.8 Å². The van der Waals surface area contributed by atoms with E-state index in [0.717, 1.165) is 42.1 Å². The van der Waals surface area contributed by atoms with Crippen LogP contribution in [0, 0.1) is 5.92 Å². The molecule has 0 aromatic carbocycles. The van der Waals surface area contributed by atoms with Gasteiger partial charge in [0.1, 0.15) is 11.4 Å².